The average Bonchev–Trinajstić information content (AvgIpc) is 2.88. The largest absolute Gasteiger partial charge is 0.378 e. The Labute approximate surface area is 99.3 Å². The second-order valence-corrected chi connectivity index (χ2v) is 3.82. The van der Waals surface area contributed by atoms with Crippen molar-refractivity contribution >= 4 is 5.96 Å². The predicted octanol–water partition coefficient (Wildman–Crippen LogP) is 1.43. The van der Waals surface area contributed by atoms with Crippen molar-refractivity contribution in [3.63, 3.8) is 0 Å². The summed E-state index contributed by atoms with van der Waals surface area (Å²) in [5.74, 6) is 1.17. The van der Waals surface area contributed by atoms with E-state index in [-0.39, 0.29) is 0 Å². The van der Waals surface area contributed by atoms with Crippen LogP contribution in [0.5, 0.6) is 0 Å². The lowest BCUT2D eigenvalue weighted by atomic mass is 10.4. The highest BCUT2D eigenvalue weighted by Crippen LogP contribution is 2.11. The maximum atomic E-state index is 5.34. The Morgan fingerprint density at radius 2 is 1.44 bits per heavy atom. The summed E-state index contributed by atoms with van der Waals surface area (Å²) >= 11 is 0. The maximum absolute atomic E-state index is 5.34. The van der Waals surface area contributed by atoms with Crippen LogP contribution in [0.2, 0.25) is 0 Å². The van der Waals surface area contributed by atoms with E-state index in [0.29, 0.717) is 0 Å². The summed E-state index contributed by atoms with van der Waals surface area (Å²) in [6.45, 7) is 10.0. The van der Waals surface area contributed by atoms with Crippen LogP contribution in [0.15, 0.2) is 4.99 Å². The molecule has 16 heavy (non-hydrogen) atoms. The summed E-state index contributed by atoms with van der Waals surface area (Å²) in [6.07, 6.45) is 2.62. The van der Waals surface area contributed by atoms with E-state index < -0.39 is 0 Å². The van der Waals surface area contributed by atoms with E-state index in [9.17, 15) is 0 Å². The lowest BCUT2D eigenvalue weighted by Crippen LogP contribution is -2.48. The molecule has 0 aromatic heterocycles. The predicted molar refractivity (Wildman–Crippen MR) is 67.9 cm³/mol. The number of hydrogen-bond donors (Lipinski definition) is 0. The number of morpholine rings is 1. The SMILES string of the molecule is CC.CN=C(N1CCCC1)N1CCOCC1. The molecule has 0 atom stereocenters. The Bertz CT molecular complexity index is 206. The fraction of sp³-hybridized carbons (Fsp3) is 0.917. The molecule has 0 aromatic rings. The zero-order chi connectivity index (χ0) is 11.8. The van der Waals surface area contributed by atoms with Crippen molar-refractivity contribution < 1.29 is 4.74 Å². The van der Waals surface area contributed by atoms with Gasteiger partial charge < -0.3 is 14.5 Å². The monoisotopic (exact) mass is 227 g/mol. The Morgan fingerprint density at radius 1 is 0.938 bits per heavy atom. The molecule has 0 aliphatic carbocycles. The summed E-state index contributed by atoms with van der Waals surface area (Å²) in [5, 5.41) is 0. The van der Waals surface area contributed by atoms with Crippen molar-refractivity contribution in [1.82, 2.24) is 9.80 Å². The van der Waals surface area contributed by atoms with Crippen molar-refractivity contribution in [2.45, 2.75) is 26.7 Å². The van der Waals surface area contributed by atoms with Crippen LogP contribution in [0.4, 0.5) is 0 Å². The van der Waals surface area contributed by atoms with E-state index in [4.69, 9.17) is 4.74 Å². The van der Waals surface area contributed by atoms with Gasteiger partial charge in [-0.15, -0.1) is 0 Å². The van der Waals surface area contributed by atoms with Gasteiger partial charge >= 0.3 is 0 Å². The molecule has 2 aliphatic heterocycles. The molecule has 0 radical (unpaired) electrons. The molecule has 0 aromatic carbocycles. The van der Waals surface area contributed by atoms with Crippen LogP contribution in [-0.2, 0) is 4.74 Å². The van der Waals surface area contributed by atoms with E-state index in [1.54, 1.807) is 0 Å². The third-order valence-electron chi connectivity index (χ3n) is 2.88. The molecule has 0 saturated carbocycles. The number of hydrogen-bond acceptors (Lipinski definition) is 2. The third kappa shape index (κ3) is 3.37. The highest BCUT2D eigenvalue weighted by molar-refractivity contribution is 5.80. The molecule has 2 rings (SSSR count). The minimum absolute atomic E-state index is 0.840. The first-order chi connectivity index (χ1) is 7.92. The third-order valence-corrected chi connectivity index (χ3v) is 2.88. The van der Waals surface area contributed by atoms with Crippen molar-refractivity contribution in [3.8, 4) is 0 Å². The van der Waals surface area contributed by atoms with Gasteiger partial charge in [-0.2, -0.15) is 0 Å². The molecule has 94 valence electrons. The molecule has 4 heteroatoms. The second kappa shape index (κ2) is 7.49. The summed E-state index contributed by atoms with van der Waals surface area (Å²) in [6, 6.07) is 0. The second-order valence-electron chi connectivity index (χ2n) is 3.82. The Hall–Kier alpha value is -0.770. The van der Waals surface area contributed by atoms with Gasteiger partial charge in [-0.1, -0.05) is 13.8 Å². The number of rotatable bonds is 0. The van der Waals surface area contributed by atoms with Gasteiger partial charge in [0.1, 0.15) is 0 Å². The van der Waals surface area contributed by atoms with Crippen LogP contribution in [-0.4, -0.2) is 62.2 Å². The Morgan fingerprint density at radius 3 is 1.94 bits per heavy atom. The number of nitrogens with zero attached hydrogens (tertiary/aromatic N) is 3. The lowest BCUT2D eigenvalue weighted by Gasteiger charge is -2.34. The van der Waals surface area contributed by atoms with Gasteiger partial charge in [-0.25, -0.2) is 0 Å². The first-order valence-corrected chi connectivity index (χ1v) is 6.46. The number of ether oxygens (including phenoxy) is 1. The fourth-order valence-corrected chi connectivity index (χ4v) is 2.16. The van der Waals surface area contributed by atoms with E-state index in [2.05, 4.69) is 14.8 Å². The summed E-state index contributed by atoms with van der Waals surface area (Å²) < 4.78 is 5.34. The molecule has 0 unspecified atom stereocenters. The average molecular weight is 227 g/mol. The fourth-order valence-electron chi connectivity index (χ4n) is 2.16. The minimum atomic E-state index is 0.840. The smallest absolute Gasteiger partial charge is 0.196 e. The molecule has 0 amide bonds. The number of likely N-dealkylation sites (tertiary alicyclic amines) is 1. The van der Waals surface area contributed by atoms with Gasteiger partial charge in [0.2, 0.25) is 0 Å². The standard InChI is InChI=1S/C10H19N3O.C2H6/c1-11-10(12-4-2-3-5-12)13-6-8-14-9-7-13;1-2/h2-9H2,1H3;1-2H3. The topological polar surface area (TPSA) is 28.1 Å². The van der Waals surface area contributed by atoms with Crippen LogP contribution < -0.4 is 0 Å². The maximum Gasteiger partial charge on any atom is 0.196 e. The molecule has 2 aliphatic rings. The van der Waals surface area contributed by atoms with Crippen LogP contribution in [0.25, 0.3) is 0 Å². The van der Waals surface area contributed by atoms with Crippen LogP contribution in [0.3, 0.4) is 0 Å². The van der Waals surface area contributed by atoms with Gasteiger partial charge in [-0.05, 0) is 12.8 Å². The highest BCUT2D eigenvalue weighted by atomic mass is 16.5. The first kappa shape index (κ1) is 13.3. The minimum Gasteiger partial charge on any atom is -0.378 e. The van der Waals surface area contributed by atoms with Gasteiger partial charge in [-0.3, -0.25) is 4.99 Å². The number of aliphatic imine (C=N–C) groups is 1. The Balaban J connectivity index is 0.000000606. The van der Waals surface area contributed by atoms with Gasteiger partial charge in [0.05, 0.1) is 13.2 Å². The van der Waals surface area contributed by atoms with Crippen LogP contribution in [0, 0.1) is 0 Å². The highest BCUT2D eigenvalue weighted by Gasteiger charge is 2.22. The van der Waals surface area contributed by atoms with Crippen molar-refractivity contribution in [2.75, 3.05) is 46.4 Å². The van der Waals surface area contributed by atoms with Crippen molar-refractivity contribution in [3.05, 3.63) is 0 Å². The molecule has 2 heterocycles. The van der Waals surface area contributed by atoms with Gasteiger partial charge in [0, 0.05) is 33.2 Å². The first-order valence-electron chi connectivity index (χ1n) is 6.46. The van der Waals surface area contributed by atoms with Crippen LogP contribution in [0.1, 0.15) is 26.7 Å². The molecule has 0 bridgehead atoms. The van der Waals surface area contributed by atoms with Gasteiger partial charge in [0.25, 0.3) is 0 Å². The molecular formula is C12H25N3O. The number of guanidine groups is 1. The molecular weight excluding hydrogens is 202 g/mol. The van der Waals surface area contributed by atoms with E-state index in [0.717, 1.165) is 26.3 Å². The summed E-state index contributed by atoms with van der Waals surface area (Å²) in [5.41, 5.74) is 0. The molecule has 0 N–H and O–H groups in total. The summed E-state index contributed by atoms with van der Waals surface area (Å²) in [7, 11) is 1.89. The van der Waals surface area contributed by atoms with E-state index in [1.165, 1.54) is 31.9 Å². The molecule has 2 saturated heterocycles. The van der Waals surface area contributed by atoms with E-state index in [1.807, 2.05) is 20.9 Å². The van der Waals surface area contributed by atoms with Crippen molar-refractivity contribution in [2.24, 2.45) is 4.99 Å². The quantitative estimate of drug-likeness (QED) is 0.463. The van der Waals surface area contributed by atoms with E-state index >= 15 is 0 Å². The molecule has 4 nitrogen and oxygen atoms in total. The van der Waals surface area contributed by atoms with Crippen molar-refractivity contribution in [1.29, 1.82) is 0 Å². The van der Waals surface area contributed by atoms with Crippen LogP contribution >= 0.6 is 0 Å². The normalized spacial score (nSPS) is 21.8. The van der Waals surface area contributed by atoms with Gasteiger partial charge in [0.15, 0.2) is 5.96 Å². The summed E-state index contributed by atoms with van der Waals surface area (Å²) in [4.78, 5) is 9.14. The molecule has 0 spiro atoms. The zero-order valence-corrected chi connectivity index (χ0v) is 10.9. The molecule has 2 fully saturated rings. The lowest BCUT2D eigenvalue weighted by molar-refractivity contribution is 0.0629. The zero-order valence-electron chi connectivity index (χ0n) is 10.9. The Kier molecular flexibility index (Phi) is 6.23.